The molecule has 2 amide bonds. The zero-order valence-electron chi connectivity index (χ0n) is 17.9. The Bertz CT molecular complexity index is 819. The Morgan fingerprint density at radius 1 is 0.964 bits per heavy atom. The van der Waals surface area contributed by atoms with Crippen molar-refractivity contribution < 1.29 is 9.59 Å². The van der Waals surface area contributed by atoms with Crippen LogP contribution >= 0.6 is 0 Å². The molecule has 4 heteroatoms. The number of benzene rings is 2. The Balaban J connectivity index is 2.24. The fourth-order valence-corrected chi connectivity index (χ4v) is 3.05. The Labute approximate surface area is 169 Å². The maximum absolute atomic E-state index is 13.2. The van der Waals surface area contributed by atoms with E-state index in [1.165, 1.54) is 5.56 Å². The first kappa shape index (κ1) is 21.7. The first-order chi connectivity index (χ1) is 13.0. The molecule has 0 aliphatic heterocycles. The zero-order valence-corrected chi connectivity index (χ0v) is 17.9. The molecule has 0 aromatic heterocycles. The predicted molar refractivity (Wildman–Crippen MR) is 114 cm³/mol. The topological polar surface area (TPSA) is 49.4 Å². The fourth-order valence-electron chi connectivity index (χ4n) is 3.05. The highest BCUT2D eigenvalue weighted by Gasteiger charge is 2.28. The first-order valence-electron chi connectivity index (χ1n) is 9.78. The van der Waals surface area contributed by atoms with Crippen molar-refractivity contribution in [2.75, 3.05) is 0 Å². The minimum atomic E-state index is -0.558. The molecule has 4 nitrogen and oxygen atoms in total. The zero-order chi connectivity index (χ0) is 20.9. The lowest BCUT2D eigenvalue weighted by Crippen LogP contribution is -2.52. The third-order valence-electron chi connectivity index (χ3n) is 4.58. The monoisotopic (exact) mass is 380 g/mol. The molecule has 0 bridgehead atoms. The molecule has 2 aromatic rings. The van der Waals surface area contributed by atoms with Crippen molar-refractivity contribution in [1.82, 2.24) is 10.2 Å². The number of nitrogens with zero attached hydrogens (tertiary/aromatic N) is 1. The van der Waals surface area contributed by atoms with E-state index in [1.807, 2.05) is 83.1 Å². The van der Waals surface area contributed by atoms with E-state index in [4.69, 9.17) is 0 Å². The average Bonchev–Trinajstić information content (AvgIpc) is 2.59. The molecule has 0 saturated heterocycles. The number of carbonyl (C=O) groups is 2. The third kappa shape index (κ3) is 6.52. The van der Waals surface area contributed by atoms with Crippen LogP contribution in [0, 0.1) is 13.8 Å². The quantitative estimate of drug-likeness (QED) is 0.817. The smallest absolute Gasteiger partial charge is 0.242 e. The summed E-state index contributed by atoms with van der Waals surface area (Å²) >= 11 is 0. The van der Waals surface area contributed by atoms with E-state index in [1.54, 1.807) is 11.8 Å². The Kier molecular flexibility index (Phi) is 7.00. The van der Waals surface area contributed by atoms with Gasteiger partial charge in [0.1, 0.15) is 6.04 Å². The van der Waals surface area contributed by atoms with Gasteiger partial charge in [0.15, 0.2) is 0 Å². The van der Waals surface area contributed by atoms with Crippen molar-refractivity contribution in [2.45, 2.75) is 66.1 Å². The van der Waals surface area contributed by atoms with Gasteiger partial charge in [0.05, 0.1) is 6.42 Å². The second kappa shape index (κ2) is 9.05. The summed E-state index contributed by atoms with van der Waals surface area (Å²) in [5.41, 5.74) is 3.91. The van der Waals surface area contributed by atoms with Crippen LogP contribution in [-0.2, 0) is 22.6 Å². The molecule has 2 aromatic carbocycles. The molecule has 28 heavy (non-hydrogen) atoms. The number of rotatable bonds is 6. The van der Waals surface area contributed by atoms with Crippen LogP contribution in [0.25, 0.3) is 0 Å². The summed E-state index contributed by atoms with van der Waals surface area (Å²) in [6.07, 6.45) is 0.278. The van der Waals surface area contributed by atoms with Crippen LogP contribution in [-0.4, -0.2) is 28.3 Å². The molecule has 2 rings (SSSR count). The minimum Gasteiger partial charge on any atom is -0.350 e. The molecule has 0 spiro atoms. The van der Waals surface area contributed by atoms with Crippen molar-refractivity contribution in [1.29, 1.82) is 0 Å². The summed E-state index contributed by atoms with van der Waals surface area (Å²) in [4.78, 5) is 27.6. The molecule has 1 atom stereocenters. The second-order valence-electron chi connectivity index (χ2n) is 8.59. The lowest BCUT2D eigenvalue weighted by molar-refractivity contribution is -0.140. The van der Waals surface area contributed by atoms with Crippen LogP contribution in [0.5, 0.6) is 0 Å². The summed E-state index contributed by atoms with van der Waals surface area (Å²) in [7, 11) is 0. The third-order valence-corrected chi connectivity index (χ3v) is 4.58. The molecular weight excluding hydrogens is 348 g/mol. The van der Waals surface area contributed by atoms with Crippen molar-refractivity contribution in [2.24, 2.45) is 0 Å². The van der Waals surface area contributed by atoms with Crippen molar-refractivity contribution in [3.63, 3.8) is 0 Å². The summed E-state index contributed by atoms with van der Waals surface area (Å²) in [5.74, 6) is -0.195. The van der Waals surface area contributed by atoms with Gasteiger partial charge < -0.3 is 10.2 Å². The maximum Gasteiger partial charge on any atom is 0.242 e. The lowest BCUT2D eigenvalue weighted by Gasteiger charge is -2.31. The van der Waals surface area contributed by atoms with Gasteiger partial charge in [-0.2, -0.15) is 0 Å². The van der Waals surface area contributed by atoms with Crippen LogP contribution in [0.15, 0.2) is 48.5 Å². The van der Waals surface area contributed by atoms with E-state index in [-0.39, 0.29) is 23.8 Å². The number of hydrogen-bond acceptors (Lipinski definition) is 2. The summed E-state index contributed by atoms with van der Waals surface area (Å²) in [5, 5.41) is 2.99. The second-order valence-corrected chi connectivity index (χ2v) is 8.59. The van der Waals surface area contributed by atoms with Gasteiger partial charge in [-0.3, -0.25) is 9.59 Å². The number of carbonyl (C=O) groups excluding carboxylic acids is 2. The number of hydrogen-bond donors (Lipinski definition) is 1. The van der Waals surface area contributed by atoms with Crippen molar-refractivity contribution in [3.8, 4) is 0 Å². The van der Waals surface area contributed by atoms with Crippen molar-refractivity contribution in [3.05, 3.63) is 70.8 Å². The SMILES string of the molecule is Cc1ccc(CN(C(=O)Cc2cccc(C)c2)C(C)C(=O)NC(C)(C)C)cc1. The highest BCUT2D eigenvalue weighted by Crippen LogP contribution is 2.15. The molecule has 0 aliphatic carbocycles. The molecule has 0 saturated carbocycles. The van der Waals surface area contributed by atoms with E-state index in [0.717, 1.165) is 16.7 Å². The van der Waals surface area contributed by atoms with Gasteiger partial charge >= 0.3 is 0 Å². The molecule has 0 heterocycles. The molecule has 1 N–H and O–H groups in total. The van der Waals surface area contributed by atoms with Crippen LogP contribution in [0.3, 0.4) is 0 Å². The Morgan fingerprint density at radius 3 is 2.18 bits per heavy atom. The number of nitrogens with one attached hydrogen (secondary N) is 1. The van der Waals surface area contributed by atoms with Crippen LogP contribution in [0.4, 0.5) is 0 Å². The number of amides is 2. The lowest BCUT2D eigenvalue weighted by atomic mass is 10.1. The maximum atomic E-state index is 13.2. The Morgan fingerprint density at radius 2 is 1.61 bits per heavy atom. The predicted octanol–water partition coefficient (Wildman–Crippen LogP) is 4.18. The fraction of sp³-hybridized carbons (Fsp3) is 0.417. The van der Waals surface area contributed by atoms with Gasteiger partial charge in [-0.1, -0.05) is 59.7 Å². The standard InChI is InChI=1S/C24H32N2O2/c1-17-10-12-20(13-11-17)16-26(19(3)23(28)25-24(4,5)6)22(27)15-21-9-7-8-18(2)14-21/h7-14,19H,15-16H2,1-6H3,(H,25,28). The van der Waals surface area contributed by atoms with Gasteiger partial charge in [-0.15, -0.1) is 0 Å². The average molecular weight is 381 g/mol. The largest absolute Gasteiger partial charge is 0.350 e. The van der Waals surface area contributed by atoms with Gasteiger partial charge in [0, 0.05) is 12.1 Å². The molecule has 0 aliphatic rings. The highest BCUT2D eigenvalue weighted by molar-refractivity contribution is 5.88. The van der Waals surface area contributed by atoms with E-state index >= 15 is 0 Å². The highest BCUT2D eigenvalue weighted by atomic mass is 16.2. The van der Waals surface area contributed by atoms with Gasteiger partial charge in [-0.05, 0) is 52.7 Å². The minimum absolute atomic E-state index is 0.0530. The van der Waals surface area contributed by atoms with Crippen LogP contribution in [0.1, 0.15) is 49.9 Å². The van der Waals surface area contributed by atoms with Gasteiger partial charge in [-0.25, -0.2) is 0 Å². The van der Waals surface area contributed by atoms with Gasteiger partial charge in [0.2, 0.25) is 11.8 Å². The van der Waals surface area contributed by atoms with Crippen LogP contribution in [0.2, 0.25) is 0 Å². The molecule has 0 radical (unpaired) electrons. The summed E-state index contributed by atoms with van der Waals surface area (Å²) in [6.45, 7) is 12.1. The number of aryl methyl sites for hydroxylation is 2. The molecule has 1 unspecified atom stereocenters. The normalized spacial score (nSPS) is 12.4. The molecule has 150 valence electrons. The van der Waals surface area contributed by atoms with E-state index in [2.05, 4.69) is 5.32 Å². The van der Waals surface area contributed by atoms with E-state index in [0.29, 0.717) is 6.54 Å². The van der Waals surface area contributed by atoms with Gasteiger partial charge in [0.25, 0.3) is 0 Å². The van der Waals surface area contributed by atoms with Crippen LogP contribution < -0.4 is 5.32 Å². The summed E-state index contributed by atoms with van der Waals surface area (Å²) < 4.78 is 0. The van der Waals surface area contributed by atoms with E-state index in [9.17, 15) is 9.59 Å². The first-order valence-corrected chi connectivity index (χ1v) is 9.78. The summed E-state index contributed by atoms with van der Waals surface area (Å²) in [6, 6.07) is 15.5. The molecular formula is C24H32N2O2. The Hall–Kier alpha value is -2.62. The van der Waals surface area contributed by atoms with Crippen molar-refractivity contribution >= 4 is 11.8 Å². The molecule has 0 fully saturated rings. The van der Waals surface area contributed by atoms with E-state index < -0.39 is 6.04 Å².